The van der Waals surface area contributed by atoms with E-state index in [2.05, 4.69) is 23.2 Å². The summed E-state index contributed by atoms with van der Waals surface area (Å²) in [5.74, 6) is 0.0739. The number of carbonyl (C=O) groups is 1. The zero-order valence-corrected chi connectivity index (χ0v) is 11.2. The third kappa shape index (κ3) is 5.99. The molecule has 102 valence electrons. The maximum Gasteiger partial charge on any atom is 0.222 e. The van der Waals surface area contributed by atoms with Crippen LogP contribution >= 0.6 is 0 Å². The van der Waals surface area contributed by atoms with Crippen molar-refractivity contribution in [3.8, 4) is 6.07 Å². The monoisotopic (exact) mass is 253 g/mol. The van der Waals surface area contributed by atoms with Gasteiger partial charge in [-0.25, -0.2) is 0 Å². The van der Waals surface area contributed by atoms with Crippen molar-refractivity contribution in [1.29, 1.82) is 5.26 Å². The molecule has 0 radical (unpaired) electrons. The van der Waals surface area contributed by atoms with Crippen molar-refractivity contribution in [3.05, 3.63) is 0 Å². The van der Waals surface area contributed by atoms with Crippen molar-refractivity contribution in [3.63, 3.8) is 0 Å². The lowest BCUT2D eigenvalue weighted by atomic mass is 10.1. The molecule has 0 unspecified atom stereocenters. The number of hydrogen-bond acceptors (Lipinski definition) is 4. The lowest BCUT2D eigenvalue weighted by Crippen LogP contribution is -2.44. The van der Waals surface area contributed by atoms with Crippen LogP contribution in [0.4, 0.5) is 0 Å². The van der Waals surface area contributed by atoms with Gasteiger partial charge in [0.15, 0.2) is 0 Å². The standard InChI is InChI=1S/C13H23N3O2/c1-2-10-18-11-5-13(17)15-12-3-7-16(8-4-12)9-6-14/h12H,2-5,7-11H2,1H3,(H,15,17). The highest BCUT2D eigenvalue weighted by atomic mass is 16.5. The number of amides is 1. The third-order valence-corrected chi connectivity index (χ3v) is 3.07. The van der Waals surface area contributed by atoms with Crippen LogP contribution in [-0.4, -0.2) is 49.7 Å². The van der Waals surface area contributed by atoms with Gasteiger partial charge < -0.3 is 10.1 Å². The molecule has 1 N–H and O–H groups in total. The molecule has 5 nitrogen and oxygen atoms in total. The van der Waals surface area contributed by atoms with Crippen molar-refractivity contribution < 1.29 is 9.53 Å². The number of nitriles is 1. The Morgan fingerprint density at radius 1 is 1.44 bits per heavy atom. The van der Waals surface area contributed by atoms with Gasteiger partial charge in [-0.05, 0) is 19.3 Å². The van der Waals surface area contributed by atoms with E-state index in [1.54, 1.807) is 0 Å². The fourth-order valence-corrected chi connectivity index (χ4v) is 2.05. The molecular formula is C13H23N3O2. The summed E-state index contributed by atoms with van der Waals surface area (Å²) in [5, 5.41) is 11.6. The molecule has 0 saturated carbocycles. The van der Waals surface area contributed by atoms with Gasteiger partial charge in [-0.1, -0.05) is 6.92 Å². The van der Waals surface area contributed by atoms with Crippen LogP contribution in [0, 0.1) is 11.3 Å². The SMILES string of the molecule is CCCOCCC(=O)NC1CCN(CC#N)CC1. The van der Waals surface area contributed by atoms with Gasteiger partial charge in [0, 0.05) is 32.2 Å². The number of piperidine rings is 1. The topological polar surface area (TPSA) is 65.4 Å². The first-order chi connectivity index (χ1) is 8.76. The Labute approximate surface area is 109 Å². The van der Waals surface area contributed by atoms with Crippen LogP contribution in [0.15, 0.2) is 0 Å². The minimum absolute atomic E-state index is 0.0739. The van der Waals surface area contributed by atoms with Crippen LogP contribution in [0.3, 0.4) is 0 Å². The lowest BCUT2D eigenvalue weighted by molar-refractivity contribution is -0.123. The Morgan fingerprint density at radius 2 is 2.17 bits per heavy atom. The molecule has 0 atom stereocenters. The van der Waals surface area contributed by atoms with Crippen LogP contribution in [0.5, 0.6) is 0 Å². The second kappa shape index (κ2) is 8.90. The second-order valence-electron chi connectivity index (χ2n) is 4.64. The Morgan fingerprint density at radius 3 is 2.78 bits per heavy atom. The summed E-state index contributed by atoms with van der Waals surface area (Å²) in [6.07, 6.45) is 3.30. The van der Waals surface area contributed by atoms with Crippen LogP contribution < -0.4 is 5.32 Å². The number of nitrogens with zero attached hydrogens (tertiary/aromatic N) is 2. The molecular weight excluding hydrogens is 230 g/mol. The molecule has 0 aromatic heterocycles. The molecule has 1 amide bonds. The van der Waals surface area contributed by atoms with Gasteiger partial charge in [0.25, 0.3) is 0 Å². The first-order valence-corrected chi connectivity index (χ1v) is 6.72. The van der Waals surface area contributed by atoms with Gasteiger partial charge in [-0.2, -0.15) is 5.26 Å². The molecule has 0 bridgehead atoms. The molecule has 1 aliphatic heterocycles. The van der Waals surface area contributed by atoms with Crippen molar-refractivity contribution >= 4 is 5.91 Å². The fraction of sp³-hybridized carbons (Fsp3) is 0.846. The van der Waals surface area contributed by atoms with Crippen molar-refractivity contribution in [2.75, 3.05) is 32.8 Å². The molecule has 1 aliphatic rings. The fourth-order valence-electron chi connectivity index (χ4n) is 2.05. The number of carbonyl (C=O) groups excluding carboxylic acids is 1. The molecule has 0 aromatic carbocycles. The Kier molecular flexibility index (Phi) is 7.38. The predicted octanol–water partition coefficient (Wildman–Crippen LogP) is 0.907. The quantitative estimate of drug-likeness (QED) is 0.541. The summed E-state index contributed by atoms with van der Waals surface area (Å²) >= 11 is 0. The smallest absolute Gasteiger partial charge is 0.222 e. The number of ether oxygens (including phenoxy) is 1. The van der Waals surface area contributed by atoms with Gasteiger partial charge >= 0.3 is 0 Å². The highest BCUT2D eigenvalue weighted by molar-refractivity contribution is 5.76. The van der Waals surface area contributed by atoms with Gasteiger partial charge in [0.2, 0.25) is 5.91 Å². The Bertz CT molecular complexity index is 280. The first-order valence-electron chi connectivity index (χ1n) is 6.72. The Balaban J connectivity index is 2.09. The molecule has 1 heterocycles. The van der Waals surface area contributed by atoms with Crippen LogP contribution in [0.2, 0.25) is 0 Å². The zero-order chi connectivity index (χ0) is 13.2. The number of nitrogens with one attached hydrogen (secondary N) is 1. The summed E-state index contributed by atoms with van der Waals surface area (Å²) in [6.45, 7) is 5.56. The summed E-state index contributed by atoms with van der Waals surface area (Å²) in [6, 6.07) is 2.42. The summed E-state index contributed by atoms with van der Waals surface area (Å²) in [5.41, 5.74) is 0. The third-order valence-electron chi connectivity index (χ3n) is 3.07. The molecule has 0 aliphatic carbocycles. The maximum atomic E-state index is 11.6. The number of hydrogen-bond donors (Lipinski definition) is 1. The summed E-state index contributed by atoms with van der Waals surface area (Å²) in [4.78, 5) is 13.7. The number of likely N-dealkylation sites (tertiary alicyclic amines) is 1. The normalized spacial score (nSPS) is 17.3. The van der Waals surface area contributed by atoms with E-state index >= 15 is 0 Å². The van der Waals surface area contributed by atoms with E-state index in [1.165, 1.54) is 0 Å². The van der Waals surface area contributed by atoms with Crippen molar-refractivity contribution in [1.82, 2.24) is 10.2 Å². The summed E-state index contributed by atoms with van der Waals surface area (Å²) in [7, 11) is 0. The van der Waals surface area contributed by atoms with E-state index < -0.39 is 0 Å². The van der Waals surface area contributed by atoms with Crippen molar-refractivity contribution in [2.45, 2.75) is 38.6 Å². The van der Waals surface area contributed by atoms with E-state index in [1.807, 2.05) is 0 Å². The molecule has 18 heavy (non-hydrogen) atoms. The van der Waals surface area contributed by atoms with E-state index in [4.69, 9.17) is 10.00 Å². The van der Waals surface area contributed by atoms with Crippen molar-refractivity contribution in [2.24, 2.45) is 0 Å². The Hall–Kier alpha value is -1.12. The second-order valence-corrected chi connectivity index (χ2v) is 4.64. The molecule has 1 rings (SSSR count). The average Bonchev–Trinajstić information content (AvgIpc) is 2.37. The van der Waals surface area contributed by atoms with Crippen LogP contribution in [0.25, 0.3) is 0 Å². The van der Waals surface area contributed by atoms with E-state index in [9.17, 15) is 4.79 Å². The highest BCUT2D eigenvalue weighted by Gasteiger charge is 2.19. The predicted molar refractivity (Wildman–Crippen MR) is 68.9 cm³/mol. The van der Waals surface area contributed by atoms with E-state index in [0.717, 1.165) is 39.0 Å². The molecule has 0 spiro atoms. The molecule has 1 fully saturated rings. The van der Waals surface area contributed by atoms with Crippen LogP contribution in [0.1, 0.15) is 32.6 Å². The maximum absolute atomic E-state index is 11.6. The van der Waals surface area contributed by atoms with Gasteiger partial charge in [-0.15, -0.1) is 0 Å². The minimum atomic E-state index is 0.0739. The van der Waals surface area contributed by atoms with Gasteiger partial charge in [0.05, 0.1) is 19.2 Å². The van der Waals surface area contributed by atoms with E-state index in [0.29, 0.717) is 19.6 Å². The van der Waals surface area contributed by atoms with E-state index in [-0.39, 0.29) is 11.9 Å². The summed E-state index contributed by atoms with van der Waals surface area (Å²) < 4.78 is 5.29. The number of rotatable bonds is 7. The van der Waals surface area contributed by atoms with Crippen LogP contribution in [-0.2, 0) is 9.53 Å². The first kappa shape index (κ1) is 14.9. The highest BCUT2D eigenvalue weighted by Crippen LogP contribution is 2.09. The average molecular weight is 253 g/mol. The van der Waals surface area contributed by atoms with Gasteiger partial charge in [-0.3, -0.25) is 9.69 Å². The minimum Gasteiger partial charge on any atom is -0.381 e. The zero-order valence-electron chi connectivity index (χ0n) is 11.2. The van der Waals surface area contributed by atoms with Gasteiger partial charge in [0.1, 0.15) is 0 Å². The molecule has 0 aromatic rings. The lowest BCUT2D eigenvalue weighted by Gasteiger charge is -2.30. The largest absolute Gasteiger partial charge is 0.381 e. The molecule has 5 heteroatoms. The molecule has 1 saturated heterocycles.